The molecule has 1 rings (SSSR count). The van der Waals surface area contributed by atoms with Crippen molar-refractivity contribution in [1.29, 1.82) is 0 Å². The Morgan fingerprint density at radius 3 is 2.95 bits per heavy atom. The summed E-state index contributed by atoms with van der Waals surface area (Å²) >= 11 is 4.22. The van der Waals surface area contributed by atoms with Crippen molar-refractivity contribution < 1.29 is 0 Å². The number of rotatable bonds is 9. The van der Waals surface area contributed by atoms with Crippen LogP contribution in [0.4, 0.5) is 0 Å². The maximum atomic E-state index is 4.55. The van der Waals surface area contributed by atoms with Gasteiger partial charge in [0, 0.05) is 19.0 Å². The van der Waals surface area contributed by atoms with Gasteiger partial charge in [0.15, 0.2) is 0 Å². The Labute approximate surface area is 140 Å². The lowest BCUT2D eigenvalue weighted by Gasteiger charge is -2.13. The van der Waals surface area contributed by atoms with E-state index >= 15 is 0 Å². The molecule has 0 saturated heterocycles. The highest BCUT2D eigenvalue weighted by Crippen LogP contribution is 2.12. The summed E-state index contributed by atoms with van der Waals surface area (Å²) in [7, 11) is 1.76. The van der Waals surface area contributed by atoms with Crippen molar-refractivity contribution in [1.82, 2.24) is 10.3 Å². The number of aromatic nitrogens is 1. The second-order valence-electron chi connectivity index (χ2n) is 5.23. The minimum absolute atomic E-state index is 0.519. The van der Waals surface area contributed by atoms with Gasteiger partial charge < -0.3 is 5.32 Å². The molecule has 1 aromatic heterocycles. The van der Waals surface area contributed by atoms with Gasteiger partial charge in [0.2, 0.25) is 0 Å². The van der Waals surface area contributed by atoms with Crippen molar-refractivity contribution in [3.05, 3.63) is 53.5 Å². The number of hydrogen-bond acceptors (Lipinski definition) is 4. The molecule has 1 heterocycles. The molecule has 0 fully saturated rings. The van der Waals surface area contributed by atoms with E-state index in [1.165, 1.54) is 5.70 Å². The van der Waals surface area contributed by atoms with E-state index in [9.17, 15) is 0 Å². The van der Waals surface area contributed by atoms with E-state index in [2.05, 4.69) is 60.0 Å². The maximum absolute atomic E-state index is 4.55. The monoisotopic (exact) mass is 317 g/mol. The Kier molecular flexibility index (Phi) is 9.31. The molecule has 1 N–H and O–H groups in total. The van der Waals surface area contributed by atoms with Crippen molar-refractivity contribution in [2.45, 2.75) is 33.2 Å². The molecular weight excluding hydrogens is 290 g/mol. The number of thiol groups is 1. The molecule has 22 heavy (non-hydrogen) atoms. The SMILES string of the molecule is CC=C(CC(C)/C=C/CCS)NCc1cccc(C=NC)n1. The van der Waals surface area contributed by atoms with Crippen LogP contribution in [0.5, 0.6) is 0 Å². The summed E-state index contributed by atoms with van der Waals surface area (Å²) in [5, 5.41) is 3.48. The molecule has 0 aliphatic heterocycles. The summed E-state index contributed by atoms with van der Waals surface area (Å²) in [6, 6.07) is 6.00. The smallest absolute Gasteiger partial charge is 0.0811 e. The van der Waals surface area contributed by atoms with Gasteiger partial charge in [-0.1, -0.05) is 31.2 Å². The molecule has 0 bridgehead atoms. The zero-order valence-electron chi connectivity index (χ0n) is 13.8. The van der Waals surface area contributed by atoms with Crippen LogP contribution < -0.4 is 5.32 Å². The molecule has 4 heteroatoms. The number of hydrogen-bond donors (Lipinski definition) is 2. The molecule has 0 aliphatic rings. The van der Waals surface area contributed by atoms with E-state index in [0.717, 1.165) is 36.5 Å². The van der Waals surface area contributed by atoms with Gasteiger partial charge in [-0.15, -0.1) is 0 Å². The number of nitrogens with zero attached hydrogens (tertiary/aromatic N) is 2. The number of allylic oxidation sites excluding steroid dienone is 4. The van der Waals surface area contributed by atoms with Gasteiger partial charge in [-0.2, -0.15) is 12.6 Å². The Morgan fingerprint density at radius 1 is 1.45 bits per heavy atom. The minimum Gasteiger partial charge on any atom is -0.383 e. The normalized spacial score (nSPS) is 13.9. The predicted molar refractivity (Wildman–Crippen MR) is 99.7 cm³/mol. The zero-order valence-corrected chi connectivity index (χ0v) is 14.7. The van der Waals surface area contributed by atoms with Crippen LogP contribution in [0, 0.1) is 5.92 Å². The fourth-order valence-corrected chi connectivity index (χ4v) is 2.26. The number of aliphatic imine (C=N–C) groups is 1. The van der Waals surface area contributed by atoms with Gasteiger partial charge in [-0.25, -0.2) is 4.98 Å². The van der Waals surface area contributed by atoms with Crippen LogP contribution in [0.2, 0.25) is 0 Å². The van der Waals surface area contributed by atoms with Gasteiger partial charge in [0.05, 0.1) is 17.9 Å². The first-order valence-electron chi connectivity index (χ1n) is 7.74. The molecule has 1 aromatic rings. The fourth-order valence-electron chi connectivity index (χ4n) is 2.11. The standard InChI is InChI=1S/C18H27N3S/c1-4-16(12-15(2)8-5-6-11-22)20-14-18-10-7-9-17(21-18)13-19-3/h4-5,7-10,13,15,20,22H,6,11-12,14H2,1-3H3/b8-5+,16-4?,19-13?. The predicted octanol–water partition coefficient (Wildman–Crippen LogP) is 4.03. The molecule has 0 amide bonds. The lowest BCUT2D eigenvalue weighted by molar-refractivity contribution is 0.644. The molecular formula is C18H27N3S. The Hall–Kier alpha value is -1.55. The van der Waals surface area contributed by atoms with Crippen molar-refractivity contribution in [3.8, 4) is 0 Å². The maximum Gasteiger partial charge on any atom is 0.0811 e. The van der Waals surface area contributed by atoms with Gasteiger partial charge in [-0.3, -0.25) is 4.99 Å². The number of pyridine rings is 1. The molecule has 1 unspecified atom stereocenters. The Balaban J connectivity index is 2.52. The van der Waals surface area contributed by atoms with E-state index in [1.54, 1.807) is 13.3 Å². The molecule has 0 aliphatic carbocycles. The number of nitrogens with one attached hydrogen (secondary N) is 1. The summed E-state index contributed by atoms with van der Waals surface area (Å²) in [5.41, 5.74) is 3.17. The van der Waals surface area contributed by atoms with Crippen molar-refractivity contribution in [2.75, 3.05) is 12.8 Å². The topological polar surface area (TPSA) is 37.3 Å². The third-order valence-corrected chi connectivity index (χ3v) is 3.50. The van der Waals surface area contributed by atoms with Crippen LogP contribution in [0.1, 0.15) is 38.1 Å². The largest absolute Gasteiger partial charge is 0.383 e. The molecule has 120 valence electrons. The van der Waals surface area contributed by atoms with E-state index in [1.807, 2.05) is 18.2 Å². The minimum atomic E-state index is 0.519. The fraction of sp³-hybridized carbons (Fsp3) is 0.444. The van der Waals surface area contributed by atoms with E-state index in [0.29, 0.717) is 5.92 Å². The van der Waals surface area contributed by atoms with Crippen LogP contribution >= 0.6 is 12.6 Å². The van der Waals surface area contributed by atoms with Crippen molar-refractivity contribution in [3.63, 3.8) is 0 Å². The second kappa shape index (κ2) is 11.1. The van der Waals surface area contributed by atoms with Crippen molar-refractivity contribution >= 4 is 18.8 Å². The van der Waals surface area contributed by atoms with Crippen LogP contribution in [0.3, 0.4) is 0 Å². The lowest BCUT2D eigenvalue weighted by Crippen LogP contribution is -2.15. The third kappa shape index (κ3) is 7.46. The first-order chi connectivity index (χ1) is 10.7. The summed E-state index contributed by atoms with van der Waals surface area (Å²) in [5.74, 6) is 1.42. The average Bonchev–Trinajstić information content (AvgIpc) is 2.52. The highest BCUT2D eigenvalue weighted by molar-refractivity contribution is 7.80. The Bertz CT molecular complexity index is 521. The second-order valence-corrected chi connectivity index (χ2v) is 5.68. The van der Waals surface area contributed by atoms with Crippen LogP contribution in [0.15, 0.2) is 47.1 Å². The molecule has 0 spiro atoms. The van der Waals surface area contributed by atoms with E-state index in [-0.39, 0.29) is 0 Å². The first-order valence-corrected chi connectivity index (χ1v) is 8.37. The lowest BCUT2D eigenvalue weighted by atomic mass is 10.0. The van der Waals surface area contributed by atoms with Gasteiger partial charge in [-0.05, 0) is 43.6 Å². The molecule has 0 saturated carbocycles. The highest BCUT2D eigenvalue weighted by Gasteiger charge is 2.03. The van der Waals surface area contributed by atoms with E-state index in [4.69, 9.17) is 0 Å². The van der Waals surface area contributed by atoms with E-state index < -0.39 is 0 Å². The average molecular weight is 318 g/mol. The van der Waals surface area contributed by atoms with Crippen LogP contribution in [-0.4, -0.2) is 24.0 Å². The summed E-state index contributed by atoms with van der Waals surface area (Å²) in [4.78, 5) is 8.55. The molecule has 0 radical (unpaired) electrons. The molecule has 3 nitrogen and oxygen atoms in total. The summed E-state index contributed by atoms with van der Waals surface area (Å²) in [6.45, 7) is 5.04. The molecule has 1 atom stereocenters. The van der Waals surface area contributed by atoms with Crippen LogP contribution in [0.25, 0.3) is 0 Å². The summed E-state index contributed by atoms with van der Waals surface area (Å²) in [6.07, 6.45) is 10.4. The third-order valence-electron chi connectivity index (χ3n) is 3.24. The van der Waals surface area contributed by atoms with Crippen molar-refractivity contribution in [2.24, 2.45) is 10.9 Å². The van der Waals surface area contributed by atoms with Crippen LogP contribution in [-0.2, 0) is 6.54 Å². The van der Waals surface area contributed by atoms with Gasteiger partial charge >= 0.3 is 0 Å². The zero-order chi connectivity index (χ0) is 16.2. The quantitative estimate of drug-likeness (QED) is 0.410. The van der Waals surface area contributed by atoms with Gasteiger partial charge in [0.1, 0.15) is 0 Å². The van der Waals surface area contributed by atoms with Gasteiger partial charge in [0.25, 0.3) is 0 Å². The summed E-state index contributed by atoms with van der Waals surface area (Å²) < 4.78 is 0. The first kappa shape index (κ1) is 18.5. The Morgan fingerprint density at radius 2 is 2.27 bits per heavy atom. The molecule has 0 aromatic carbocycles. The highest BCUT2D eigenvalue weighted by atomic mass is 32.1.